The summed E-state index contributed by atoms with van der Waals surface area (Å²) < 4.78 is 30.7. The number of hydrogen-bond donors (Lipinski definition) is 1. The van der Waals surface area contributed by atoms with Crippen LogP contribution in [0, 0.1) is 0 Å². The Bertz CT molecular complexity index is 626. The molecule has 94 valence electrons. The van der Waals surface area contributed by atoms with Gasteiger partial charge in [0.2, 0.25) is 0 Å². The van der Waals surface area contributed by atoms with Crippen molar-refractivity contribution in [2.75, 3.05) is 0 Å². The predicted octanol–water partition coefficient (Wildman–Crippen LogP) is 3.16. The molecule has 18 heavy (non-hydrogen) atoms. The van der Waals surface area contributed by atoms with Crippen LogP contribution in [0.2, 0.25) is 0 Å². The van der Waals surface area contributed by atoms with Crippen LogP contribution in [0.4, 0.5) is 0 Å². The first-order valence-corrected chi connectivity index (χ1v) is 7.11. The number of hydrogen-bond acceptors (Lipinski definition) is 2. The van der Waals surface area contributed by atoms with Crippen LogP contribution in [0.1, 0.15) is 12.5 Å². The lowest BCUT2D eigenvalue weighted by atomic mass is 10.0. The van der Waals surface area contributed by atoms with E-state index in [4.69, 9.17) is 4.55 Å². The number of benzene rings is 2. The zero-order valence-electron chi connectivity index (χ0n) is 10.00. The second-order valence-corrected chi connectivity index (χ2v) is 5.47. The molecule has 0 aliphatic rings. The van der Waals surface area contributed by atoms with Gasteiger partial charge in [-0.1, -0.05) is 43.3 Å². The number of rotatable bonds is 3. The molecule has 2 aromatic carbocycles. The van der Waals surface area contributed by atoms with Crippen LogP contribution in [-0.4, -0.2) is 13.0 Å². The molecule has 2 aromatic rings. The minimum atomic E-state index is -4.11. The first-order valence-electron chi connectivity index (χ1n) is 5.67. The van der Waals surface area contributed by atoms with E-state index in [0.29, 0.717) is 0 Å². The van der Waals surface area contributed by atoms with Crippen LogP contribution in [-0.2, 0) is 16.5 Å². The summed E-state index contributed by atoms with van der Waals surface area (Å²) in [6.45, 7) is 2.09. The summed E-state index contributed by atoms with van der Waals surface area (Å²) in [4.78, 5) is -0.0866. The molecule has 0 bridgehead atoms. The van der Waals surface area contributed by atoms with Crippen LogP contribution in [0.25, 0.3) is 11.1 Å². The van der Waals surface area contributed by atoms with E-state index in [1.165, 1.54) is 17.7 Å². The molecular weight excluding hydrogens is 248 g/mol. The average Bonchev–Trinajstić information content (AvgIpc) is 2.38. The van der Waals surface area contributed by atoms with Crippen molar-refractivity contribution in [1.29, 1.82) is 0 Å². The van der Waals surface area contributed by atoms with Gasteiger partial charge in [0.15, 0.2) is 0 Å². The summed E-state index contributed by atoms with van der Waals surface area (Å²) in [6.07, 6.45) is 0.988. The third-order valence-electron chi connectivity index (χ3n) is 2.85. The molecule has 0 saturated carbocycles. The highest BCUT2D eigenvalue weighted by atomic mass is 32.2. The van der Waals surface area contributed by atoms with E-state index in [0.717, 1.165) is 17.5 Å². The maximum Gasteiger partial charge on any atom is 0.294 e. The van der Waals surface area contributed by atoms with Gasteiger partial charge >= 0.3 is 0 Å². The molecule has 0 unspecified atom stereocenters. The van der Waals surface area contributed by atoms with Gasteiger partial charge in [-0.15, -0.1) is 0 Å². The average molecular weight is 262 g/mol. The molecule has 0 aromatic heterocycles. The molecule has 0 heterocycles. The highest BCUT2D eigenvalue weighted by Crippen LogP contribution is 2.21. The molecule has 0 fully saturated rings. The second-order valence-electron chi connectivity index (χ2n) is 4.05. The van der Waals surface area contributed by atoms with Crippen molar-refractivity contribution in [1.82, 2.24) is 0 Å². The molecule has 0 spiro atoms. The fraction of sp³-hybridized carbons (Fsp3) is 0.143. The van der Waals surface area contributed by atoms with E-state index >= 15 is 0 Å². The number of aryl methyl sites for hydroxylation is 1. The Balaban J connectivity index is 2.34. The Morgan fingerprint density at radius 2 is 1.33 bits per heavy atom. The van der Waals surface area contributed by atoms with Gasteiger partial charge in [0.1, 0.15) is 0 Å². The Hall–Kier alpha value is -1.65. The largest absolute Gasteiger partial charge is 0.294 e. The maximum absolute atomic E-state index is 10.9. The highest BCUT2D eigenvalue weighted by molar-refractivity contribution is 7.85. The van der Waals surface area contributed by atoms with Crippen molar-refractivity contribution in [3.63, 3.8) is 0 Å². The summed E-state index contributed by atoms with van der Waals surface area (Å²) in [5, 5.41) is 0. The van der Waals surface area contributed by atoms with E-state index < -0.39 is 10.1 Å². The topological polar surface area (TPSA) is 54.4 Å². The van der Waals surface area contributed by atoms with E-state index in [2.05, 4.69) is 6.92 Å². The van der Waals surface area contributed by atoms with Gasteiger partial charge in [0.25, 0.3) is 10.1 Å². The lowest BCUT2D eigenvalue weighted by Crippen LogP contribution is -1.97. The van der Waals surface area contributed by atoms with Gasteiger partial charge in [-0.3, -0.25) is 4.55 Å². The first-order chi connectivity index (χ1) is 8.50. The third kappa shape index (κ3) is 2.78. The van der Waals surface area contributed by atoms with Crippen LogP contribution < -0.4 is 0 Å². The summed E-state index contributed by atoms with van der Waals surface area (Å²) in [5.74, 6) is 0. The van der Waals surface area contributed by atoms with Crippen LogP contribution in [0.15, 0.2) is 53.4 Å². The zero-order chi connectivity index (χ0) is 13.2. The molecule has 3 nitrogen and oxygen atoms in total. The van der Waals surface area contributed by atoms with Gasteiger partial charge in [-0.25, -0.2) is 0 Å². The molecular formula is C14H14O3S. The van der Waals surface area contributed by atoms with E-state index in [1.807, 2.05) is 24.3 Å². The Kier molecular flexibility index (Phi) is 3.50. The SMILES string of the molecule is CCc1ccc(-c2ccc(S(=O)(=O)O)cc2)cc1. The van der Waals surface area contributed by atoms with Crippen LogP contribution >= 0.6 is 0 Å². The normalized spacial score (nSPS) is 11.4. The monoisotopic (exact) mass is 262 g/mol. The fourth-order valence-corrected chi connectivity index (χ4v) is 2.23. The Labute approximate surface area is 107 Å². The molecule has 0 atom stereocenters. The standard InChI is InChI=1S/C14H14O3S/c1-2-11-3-5-12(6-4-11)13-7-9-14(10-8-13)18(15,16)17/h3-10H,2H2,1H3,(H,15,16,17). The van der Waals surface area contributed by atoms with Crippen molar-refractivity contribution in [2.45, 2.75) is 18.2 Å². The molecule has 0 radical (unpaired) electrons. The summed E-state index contributed by atoms with van der Waals surface area (Å²) in [5.41, 5.74) is 3.20. The maximum atomic E-state index is 10.9. The minimum Gasteiger partial charge on any atom is -0.282 e. The molecule has 0 saturated heterocycles. The zero-order valence-corrected chi connectivity index (χ0v) is 10.8. The Morgan fingerprint density at radius 3 is 1.72 bits per heavy atom. The van der Waals surface area contributed by atoms with Crippen LogP contribution in [0.5, 0.6) is 0 Å². The molecule has 0 aliphatic carbocycles. The van der Waals surface area contributed by atoms with Gasteiger partial charge in [0, 0.05) is 0 Å². The molecule has 1 N–H and O–H groups in total. The molecule has 0 amide bonds. The lowest BCUT2D eigenvalue weighted by molar-refractivity contribution is 0.483. The van der Waals surface area contributed by atoms with Crippen molar-refractivity contribution in [3.05, 3.63) is 54.1 Å². The Morgan fingerprint density at radius 1 is 0.889 bits per heavy atom. The molecule has 2 rings (SSSR count). The van der Waals surface area contributed by atoms with Gasteiger partial charge in [-0.2, -0.15) is 8.42 Å². The van der Waals surface area contributed by atoms with Gasteiger partial charge < -0.3 is 0 Å². The molecule has 0 aliphatic heterocycles. The predicted molar refractivity (Wildman–Crippen MR) is 71.1 cm³/mol. The summed E-state index contributed by atoms with van der Waals surface area (Å²) in [7, 11) is -4.11. The summed E-state index contributed by atoms with van der Waals surface area (Å²) >= 11 is 0. The van der Waals surface area contributed by atoms with Crippen molar-refractivity contribution < 1.29 is 13.0 Å². The first kappa shape index (κ1) is 12.8. The van der Waals surface area contributed by atoms with Gasteiger partial charge in [0.05, 0.1) is 4.90 Å². The third-order valence-corrected chi connectivity index (χ3v) is 3.72. The van der Waals surface area contributed by atoms with Crippen molar-refractivity contribution >= 4 is 10.1 Å². The van der Waals surface area contributed by atoms with Crippen molar-refractivity contribution in [2.24, 2.45) is 0 Å². The fourth-order valence-electron chi connectivity index (χ4n) is 1.75. The second kappa shape index (κ2) is 4.92. The smallest absolute Gasteiger partial charge is 0.282 e. The highest BCUT2D eigenvalue weighted by Gasteiger charge is 2.08. The van der Waals surface area contributed by atoms with Gasteiger partial charge in [-0.05, 0) is 35.2 Å². The summed E-state index contributed by atoms with van der Waals surface area (Å²) in [6, 6.07) is 14.3. The van der Waals surface area contributed by atoms with Crippen LogP contribution in [0.3, 0.4) is 0 Å². The quantitative estimate of drug-likeness (QED) is 0.864. The lowest BCUT2D eigenvalue weighted by Gasteiger charge is -2.04. The van der Waals surface area contributed by atoms with E-state index in [-0.39, 0.29) is 4.90 Å². The van der Waals surface area contributed by atoms with Crippen molar-refractivity contribution in [3.8, 4) is 11.1 Å². The molecule has 4 heteroatoms. The van der Waals surface area contributed by atoms with E-state index in [1.54, 1.807) is 12.1 Å². The minimum absolute atomic E-state index is 0.0866. The van der Waals surface area contributed by atoms with E-state index in [9.17, 15) is 8.42 Å².